The molecule has 1 aliphatic rings. The van der Waals surface area contributed by atoms with Crippen LogP contribution in [-0.2, 0) is 4.74 Å². The molecule has 3 amide bonds. The van der Waals surface area contributed by atoms with E-state index in [1.54, 1.807) is 68.6 Å². The van der Waals surface area contributed by atoms with Crippen molar-refractivity contribution in [3.05, 3.63) is 48.0 Å². The Morgan fingerprint density at radius 3 is 2.43 bits per heavy atom. The number of anilines is 2. The summed E-state index contributed by atoms with van der Waals surface area (Å²) in [5.41, 5.74) is 1.44. The third-order valence-corrected chi connectivity index (χ3v) is 6.34. The molecule has 0 spiro atoms. The molecule has 1 aliphatic heterocycles. The van der Waals surface area contributed by atoms with Crippen LogP contribution in [0.25, 0.3) is 0 Å². The van der Waals surface area contributed by atoms with Gasteiger partial charge in [-0.2, -0.15) is 0 Å². The van der Waals surface area contributed by atoms with Crippen LogP contribution in [0.2, 0.25) is 0 Å². The topological polar surface area (TPSA) is 92.4 Å². The summed E-state index contributed by atoms with van der Waals surface area (Å²) in [5, 5.41) is 5.56. The number of amides is 3. The Bertz CT molecular complexity index is 1030. The Hall–Kier alpha value is -3.30. The first kappa shape index (κ1) is 26.3. The predicted molar refractivity (Wildman–Crippen MR) is 137 cm³/mol. The van der Waals surface area contributed by atoms with E-state index in [4.69, 9.17) is 14.2 Å². The minimum Gasteiger partial charge on any atom is -0.497 e. The number of rotatable bonds is 4. The van der Waals surface area contributed by atoms with E-state index in [2.05, 4.69) is 36.4 Å². The number of carbonyl (C=O) groups is 2. The maximum atomic E-state index is 13.4. The predicted octanol–water partition coefficient (Wildman–Crippen LogP) is 3.78. The van der Waals surface area contributed by atoms with Crippen molar-refractivity contribution in [3.8, 4) is 11.5 Å². The summed E-state index contributed by atoms with van der Waals surface area (Å²) < 4.78 is 17.0. The van der Waals surface area contributed by atoms with Crippen molar-refractivity contribution in [3.63, 3.8) is 0 Å². The quantitative estimate of drug-likeness (QED) is 0.686. The van der Waals surface area contributed by atoms with Crippen molar-refractivity contribution in [1.29, 1.82) is 0 Å². The fourth-order valence-corrected chi connectivity index (χ4v) is 4.03. The smallest absolute Gasteiger partial charge is 0.323 e. The SMILES string of the molecule is COc1cccc(NC(=O)Nc2ccc3c(c2)C(=O)N(C)C[C@@H](OC)[C@@H](C)CN(C)[C@H](C)CO3)c1. The lowest BCUT2D eigenvalue weighted by Gasteiger charge is -2.34. The Balaban J connectivity index is 1.83. The van der Waals surface area contributed by atoms with E-state index in [1.165, 1.54) is 0 Å². The van der Waals surface area contributed by atoms with Gasteiger partial charge >= 0.3 is 6.03 Å². The Labute approximate surface area is 207 Å². The van der Waals surface area contributed by atoms with Gasteiger partial charge in [0.25, 0.3) is 5.91 Å². The van der Waals surface area contributed by atoms with Crippen LogP contribution >= 0.6 is 0 Å². The highest BCUT2D eigenvalue weighted by Crippen LogP contribution is 2.26. The summed E-state index contributed by atoms with van der Waals surface area (Å²) in [6, 6.07) is 11.9. The van der Waals surface area contributed by atoms with Gasteiger partial charge in [-0.15, -0.1) is 0 Å². The van der Waals surface area contributed by atoms with Crippen LogP contribution in [0.3, 0.4) is 0 Å². The molecule has 9 heteroatoms. The maximum Gasteiger partial charge on any atom is 0.323 e. The van der Waals surface area contributed by atoms with Gasteiger partial charge in [0.1, 0.15) is 18.1 Å². The number of hydrogen-bond donors (Lipinski definition) is 2. The number of ether oxygens (including phenoxy) is 3. The summed E-state index contributed by atoms with van der Waals surface area (Å²) in [6.07, 6.45) is -0.114. The monoisotopic (exact) mass is 484 g/mol. The molecule has 2 aromatic rings. The van der Waals surface area contributed by atoms with Crippen molar-refractivity contribution in [2.45, 2.75) is 26.0 Å². The molecule has 3 atom stereocenters. The minimum atomic E-state index is -0.434. The molecule has 190 valence electrons. The van der Waals surface area contributed by atoms with Gasteiger partial charge in [-0.25, -0.2) is 4.79 Å². The zero-order valence-electron chi connectivity index (χ0n) is 21.3. The molecule has 0 bridgehead atoms. The van der Waals surface area contributed by atoms with Crippen LogP contribution in [0.4, 0.5) is 16.2 Å². The Kier molecular flexibility index (Phi) is 8.95. The lowest BCUT2D eigenvalue weighted by Crippen LogP contribution is -2.45. The van der Waals surface area contributed by atoms with E-state index in [0.29, 0.717) is 41.6 Å². The van der Waals surface area contributed by atoms with Crippen molar-refractivity contribution in [2.24, 2.45) is 5.92 Å². The summed E-state index contributed by atoms with van der Waals surface area (Å²) in [6.45, 7) is 5.90. The number of fused-ring (bicyclic) bond motifs is 1. The number of carbonyl (C=O) groups excluding carboxylic acids is 2. The van der Waals surface area contributed by atoms with Gasteiger partial charge in [-0.1, -0.05) is 13.0 Å². The molecular weight excluding hydrogens is 448 g/mol. The highest BCUT2D eigenvalue weighted by Gasteiger charge is 2.27. The summed E-state index contributed by atoms with van der Waals surface area (Å²) in [5.74, 6) is 1.13. The van der Waals surface area contributed by atoms with E-state index >= 15 is 0 Å². The average molecular weight is 485 g/mol. The molecule has 0 radical (unpaired) electrons. The molecular formula is C26H36N4O5. The third kappa shape index (κ3) is 6.86. The van der Waals surface area contributed by atoms with Gasteiger partial charge < -0.3 is 29.7 Å². The van der Waals surface area contributed by atoms with Crippen molar-refractivity contribution < 1.29 is 23.8 Å². The first-order chi connectivity index (χ1) is 16.7. The van der Waals surface area contributed by atoms with Crippen LogP contribution < -0.4 is 20.1 Å². The van der Waals surface area contributed by atoms with E-state index in [1.807, 2.05) is 0 Å². The lowest BCUT2D eigenvalue weighted by atomic mass is 10.0. The minimum absolute atomic E-state index is 0.114. The number of urea groups is 1. The van der Waals surface area contributed by atoms with Crippen LogP contribution in [0.5, 0.6) is 11.5 Å². The van der Waals surface area contributed by atoms with Crippen LogP contribution in [-0.4, -0.2) is 81.9 Å². The second-order valence-electron chi connectivity index (χ2n) is 9.06. The molecule has 0 aromatic heterocycles. The molecule has 2 aromatic carbocycles. The highest BCUT2D eigenvalue weighted by atomic mass is 16.5. The molecule has 0 fully saturated rings. The number of methoxy groups -OCH3 is 2. The van der Waals surface area contributed by atoms with Crippen molar-refractivity contribution in [2.75, 3.05) is 58.6 Å². The molecule has 0 aliphatic carbocycles. The number of nitrogens with one attached hydrogen (secondary N) is 2. The molecule has 1 heterocycles. The van der Waals surface area contributed by atoms with E-state index < -0.39 is 6.03 Å². The molecule has 35 heavy (non-hydrogen) atoms. The van der Waals surface area contributed by atoms with Gasteiger partial charge in [0.15, 0.2) is 0 Å². The Morgan fingerprint density at radius 1 is 1.03 bits per heavy atom. The van der Waals surface area contributed by atoms with E-state index in [-0.39, 0.29) is 24.0 Å². The van der Waals surface area contributed by atoms with Crippen LogP contribution in [0.15, 0.2) is 42.5 Å². The molecule has 0 saturated carbocycles. The van der Waals surface area contributed by atoms with Gasteiger partial charge in [0, 0.05) is 50.7 Å². The molecule has 3 rings (SSSR count). The fourth-order valence-electron chi connectivity index (χ4n) is 4.03. The fraction of sp³-hybridized carbons (Fsp3) is 0.462. The maximum absolute atomic E-state index is 13.4. The van der Waals surface area contributed by atoms with Gasteiger partial charge in [0.05, 0.1) is 18.8 Å². The van der Waals surface area contributed by atoms with Crippen molar-refractivity contribution in [1.82, 2.24) is 9.80 Å². The lowest BCUT2D eigenvalue weighted by molar-refractivity contribution is 0.0150. The van der Waals surface area contributed by atoms with Crippen LogP contribution in [0.1, 0.15) is 24.2 Å². The van der Waals surface area contributed by atoms with Crippen LogP contribution in [0, 0.1) is 5.92 Å². The molecule has 2 N–H and O–H groups in total. The number of nitrogens with zero attached hydrogens (tertiary/aromatic N) is 2. The summed E-state index contributed by atoms with van der Waals surface area (Å²) >= 11 is 0. The second-order valence-corrected chi connectivity index (χ2v) is 9.06. The second kappa shape index (κ2) is 11.9. The van der Waals surface area contributed by atoms with Gasteiger partial charge in [-0.05, 0) is 50.2 Å². The third-order valence-electron chi connectivity index (χ3n) is 6.34. The number of benzene rings is 2. The zero-order chi connectivity index (χ0) is 25.5. The largest absolute Gasteiger partial charge is 0.497 e. The molecule has 9 nitrogen and oxygen atoms in total. The van der Waals surface area contributed by atoms with Crippen molar-refractivity contribution >= 4 is 23.3 Å². The number of hydrogen-bond acceptors (Lipinski definition) is 6. The van der Waals surface area contributed by atoms with Gasteiger partial charge in [-0.3, -0.25) is 9.69 Å². The average Bonchev–Trinajstić information content (AvgIpc) is 2.84. The highest BCUT2D eigenvalue weighted by molar-refractivity contribution is 6.02. The molecule has 0 saturated heterocycles. The standard InChI is InChI=1S/C26H36N4O5/c1-17-14-29(3)18(2)16-35-23-11-10-20(13-22(23)25(31)30(4)15-24(17)34-6)28-26(32)27-19-8-7-9-21(12-19)33-5/h7-13,17-18,24H,14-16H2,1-6H3,(H2,27,28,32)/t17-,18+,24+/m0/s1. The summed E-state index contributed by atoms with van der Waals surface area (Å²) in [4.78, 5) is 29.9. The first-order valence-corrected chi connectivity index (χ1v) is 11.7. The van der Waals surface area contributed by atoms with E-state index in [0.717, 1.165) is 6.54 Å². The Morgan fingerprint density at radius 2 is 1.74 bits per heavy atom. The number of likely N-dealkylation sites (N-methyl/N-ethyl adjacent to an activating group) is 2. The zero-order valence-corrected chi connectivity index (χ0v) is 21.3. The van der Waals surface area contributed by atoms with E-state index in [9.17, 15) is 9.59 Å². The summed E-state index contributed by atoms with van der Waals surface area (Å²) in [7, 11) is 7.05. The van der Waals surface area contributed by atoms with Gasteiger partial charge in [0.2, 0.25) is 0 Å². The first-order valence-electron chi connectivity index (χ1n) is 11.7. The normalized spacial score (nSPS) is 21.7. The molecule has 0 unspecified atom stereocenters.